The predicted molar refractivity (Wildman–Crippen MR) is 122 cm³/mol. The van der Waals surface area contributed by atoms with Crippen molar-refractivity contribution in [1.29, 1.82) is 0 Å². The maximum Gasteiger partial charge on any atom is 0.307 e. The molecule has 0 bridgehead atoms. The second kappa shape index (κ2) is 9.69. The molecule has 5 nitrogen and oxygen atoms in total. The molecule has 0 fully saturated rings. The zero-order valence-electron chi connectivity index (χ0n) is 18.0. The van der Waals surface area contributed by atoms with E-state index in [4.69, 9.17) is 9.47 Å². The highest BCUT2D eigenvalue weighted by molar-refractivity contribution is 5.80. The van der Waals surface area contributed by atoms with Crippen LogP contribution in [0, 0.1) is 5.92 Å². The van der Waals surface area contributed by atoms with Crippen LogP contribution in [0.5, 0.6) is 5.75 Å². The van der Waals surface area contributed by atoms with Gasteiger partial charge in [-0.2, -0.15) is 0 Å². The smallest absolute Gasteiger partial charge is 0.307 e. The molecular weight excluding hydrogens is 404 g/mol. The molecular formula is C27H26O5. The zero-order chi connectivity index (χ0) is 22.5. The summed E-state index contributed by atoms with van der Waals surface area (Å²) in [5.41, 5.74) is 5.41. The largest absolute Gasteiger partial charge is 0.494 e. The number of esters is 1. The molecule has 32 heavy (non-hydrogen) atoms. The number of aliphatic carboxylic acids is 1. The van der Waals surface area contributed by atoms with E-state index in [1.54, 1.807) is 0 Å². The van der Waals surface area contributed by atoms with Crippen molar-refractivity contribution in [1.82, 2.24) is 0 Å². The van der Waals surface area contributed by atoms with Gasteiger partial charge in [0.15, 0.2) is 0 Å². The van der Waals surface area contributed by atoms with E-state index >= 15 is 0 Å². The summed E-state index contributed by atoms with van der Waals surface area (Å²) in [6.07, 6.45) is 0.0878. The van der Waals surface area contributed by atoms with Crippen LogP contribution in [0.25, 0.3) is 11.1 Å². The lowest BCUT2D eigenvalue weighted by atomic mass is 9.96. The molecule has 0 aliphatic heterocycles. The molecule has 0 unspecified atom stereocenters. The van der Waals surface area contributed by atoms with Crippen LogP contribution < -0.4 is 4.74 Å². The molecule has 4 rings (SSSR count). The van der Waals surface area contributed by atoms with Gasteiger partial charge in [-0.15, -0.1) is 0 Å². The van der Waals surface area contributed by atoms with Gasteiger partial charge in [-0.3, -0.25) is 9.59 Å². The van der Waals surface area contributed by atoms with Gasteiger partial charge >= 0.3 is 11.9 Å². The Kier molecular flexibility index (Phi) is 6.55. The molecule has 3 aromatic carbocycles. The number of hydrogen-bond donors (Lipinski definition) is 1. The van der Waals surface area contributed by atoms with E-state index < -0.39 is 17.9 Å². The van der Waals surface area contributed by atoms with Gasteiger partial charge in [-0.1, -0.05) is 60.7 Å². The Labute approximate surface area is 187 Å². The van der Waals surface area contributed by atoms with Crippen LogP contribution in [0.1, 0.15) is 36.0 Å². The van der Waals surface area contributed by atoms with Gasteiger partial charge in [0, 0.05) is 5.92 Å². The number of carbonyl (C=O) groups is 2. The molecule has 0 amide bonds. The summed E-state index contributed by atoms with van der Waals surface area (Å²) in [7, 11) is 0. The standard InChI is InChI=1S/C27H26O5/c1-2-31-20-13-11-18(12-14-20)15-19(27(29)30)16-26(28)32-17-25-23-9-5-3-7-21(23)22-8-4-6-10-24(22)25/h3-14,19,25H,2,15-17H2,1H3,(H,29,30)/t19-/m0/s1. The summed E-state index contributed by atoms with van der Waals surface area (Å²) in [5, 5.41) is 9.63. The van der Waals surface area contributed by atoms with Crippen molar-refractivity contribution in [3.63, 3.8) is 0 Å². The number of carboxylic acid groups (broad SMARTS) is 1. The summed E-state index contributed by atoms with van der Waals surface area (Å²) in [6.45, 7) is 2.67. The Bertz CT molecular complexity index is 1060. The summed E-state index contributed by atoms with van der Waals surface area (Å²) < 4.78 is 11.0. The van der Waals surface area contributed by atoms with E-state index in [1.165, 1.54) is 0 Å². The number of carbonyl (C=O) groups excluding carboxylic acids is 1. The van der Waals surface area contributed by atoms with Crippen molar-refractivity contribution in [2.24, 2.45) is 5.92 Å². The van der Waals surface area contributed by atoms with Crippen LogP contribution in [-0.4, -0.2) is 30.3 Å². The maximum atomic E-state index is 12.6. The minimum Gasteiger partial charge on any atom is -0.494 e. The Morgan fingerprint density at radius 3 is 2.06 bits per heavy atom. The van der Waals surface area contributed by atoms with E-state index in [2.05, 4.69) is 24.3 Å². The number of hydrogen-bond acceptors (Lipinski definition) is 4. The molecule has 1 aliphatic carbocycles. The molecule has 0 radical (unpaired) electrons. The number of ether oxygens (including phenoxy) is 2. The topological polar surface area (TPSA) is 72.8 Å². The van der Waals surface area contributed by atoms with Gasteiger partial charge in [0.05, 0.1) is 18.9 Å². The fraction of sp³-hybridized carbons (Fsp3) is 0.259. The Morgan fingerprint density at radius 1 is 0.906 bits per heavy atom. The lowest BCUT2D eigenvalue weighted by molar-refractivity contribution is -0.151. The first kappa shape index (κ1) is 21.6. The maximum absolute atomic E-state index is 12.6. The highest BCUT2D eigenvalue weighted by atomic mass is 16.5. The van der Waals surface area contributed by atoms with Crippen LogP contribution >= 0.6 is 0 Å². The molecule has 1 N–H and O–H groups in total. The molecule has 164 valence electrons. The van der Waals surface area contributed by atoms with Gasteiger partial charge in [0.25, 0.3) is 0 Å². The highest BCUT2D eigenvalue weighted by Gasteiger charge is 2.30. The Hall–Kier alpha value is -3.60. The summed E-state index contributed by atoms with van der Waals surface area (Å²) in [4.78, 5) is 24.3. The first-order valence-corrected chi connectivity index (χ1v) is 10.8. The average Bonchev–Trinajstić information content (AvgIpc) is 3.12. The molecule has 0 saturated heterocycles. The molecule has 0 saturated carbocycles. The van der Waals surface area contributed by atoms with Crippen LogP contribution in [0.2, 0.25) is 0 Å². The third-order valence-electron chi connectivity index (χ3n) is 5.85. The average molecular weight is 431 g/mol. The molecule has 3 aromatic rings. The van der Waals surface area contributed by atoms with Crippen molar-refractivity contribution in [2.75, 3.05) is 13.2 Å². The third-order valence-corrected chi connectivity index (χ3v) is 5.85. The SMILES string of the molecule is CCOc1ccc(C[C@@H](CC(=O)OCC2c3ccccc3-c3ccccc32)C(=O)O)cc1. The number of fused-ring (bicyclic) bond motifs is 3. The predicted octanol–water partition coefficient (Wildman–Crippen LogP) is 5.07. The quantitative estimate of drug-likeness (QED) is 0.480. The summed E-state index contributed by atoms with van der Waals surface area (Å²) >= 11 is 0. The second-order valence-corrected chi connectivity index (χ2v) is 7.93. The summed E-state index contributed by atoms with van der Waals surface area (Å²) in [5.74, 6) is -1.65. The lowest BCUT2D eigenvalue weighted by Gasteiger charge is -2.16. The van der Waals surface area contributed by atoms with Crippen LogP contribution in [-0.2, 0) is 20.7 Å². The fourth-order valence-corrected chi connectivity index (χ4v) is 4.30. The van der Waals surface area contributed by atoms with E-state index in [0.717, 1.165) is 33.6 Å². The van der Waals surface area contributed by atoms with Gasteiger partial charge in [-0.25, -0.2) is 0 Å². The van der Waals surface area contributed by atoms with Crippen molar-refractivity contribution in [2.45, 2.75) is 25.7 Å². The third kappa shape index (κ3) is 4.67. The van der Waals surface area contributed by atoms with E-state index in [0.29, 0.717) is 6.61 Å². The number of rotatable bonds is 9. The van der Waals surface area contributed by atoms with Gasteiger partial charge in [0.1, 0.15) is 12.4 Å². The molecule has 0 aromatic heterocycles. The Balaban J connectivity index is 1.40. The molecule has 1 atom stereocenters. The van der Waals surface area contributed by atoms with Crippen LogP contribution in [0.15, 0.2) is 72.8 Å². The van der Waals surface area contributed by atoms with Crippen LogP contribution in [0.3, 0.4) is 0 Å². The van der Waals surface area contributed by atoms with Crippen molar-refractivity contribution in [3.05, 3.63) is 89.5 Å². The highest BCUT2D eigenvalue weighted by Crippen LogP contribution is 2.44. The minimum atomic E-state index is -1.01. The van der Waals surface area contributed by atoms with E-state index in [9.17, 15) is 14.7 Å². The fourth-order valence-electron chi connectivity index (χ4n) is 4.30. The van der Waals surface area contributed by atoms with Crippen molar-refractivity contribution in [3.8, 4) is 16.9 Å². The molecule has 1 aliphatic rings. The first-order chi connectivity index (χ1) is 15.6. The van der Waals surface area contributed by atoms with Crippen LogP contribution in [0.4, 0.5) is 0 Å². The molecule has 0 spiro atoms. The summed E-state index contributed by atoms with van der Waals surface area (Å²) in [6, 6.07) is 23.5. The molecule has 0 heterocycles. The monoisotopic (exact) mass is 430 g/mol. The zero-order valence-corrected chi connectivity index (χ0v) is 18.0. The lowest BCUT2D eigenvalue weighted by Crippen LogP contribution is -2.22. The van der Waals surface area contributed by atoms with Gasteiger partial charge < -0.3 is 14.6 Å². The van der Waals surface area contributed by atoms with E-state index in [1.807, 2.05) is 55.5 Å². The number of benzene rings is 3. The van der Waals surface area contributed by atoms with Gasteiger partial charge in [-0.05, 0) is 53.3 Å². The normalized spacial score (nSPS) is 13.2. The first-order valence-electron chi connectivity index (χ1n) is 10.8. The van der Waals surface area contributed by atoms with Gasteiger partial charge in [0.2, 0.25) is 0 Å². The van der Waals surface area contributed by atoms with Crippen molar-refractivity contribution < 1.29 is 24.2 Å². The Morgan fingerprint density at radius 2 is 1.50 bits per heavy atom. The minimum absolute atomic E-state index is 0.0410. The number of carboxylic acids is 1. The van der Waals surface area contributed by atoms with E-state index in [-0.39, 0.29) is 25.4 Å². The van der Waals surface area contributed by atoms with Crippen molar-refractivity contribution >= 4 is 11.9 Å². The molecule has 5 heteroatoms. The second-order valence-electron chi connectivity index (χ2n) is 7.93.